The van der Waals surface area contributed by atoms with Crippen molar-refractivity contribution in [2.75, 3.05) is 18.1 Å². The lowest BCUT2D eigenvalue weighted by Crippen LogP contribution is -2.32. The Labute approximate surface area is 118 Å². The van der Waals surface area contributed by atoms with Crippen LogP contribution in [0.4, 0.5) is 11.4 Å². The van der Waals surface area contributed by atoms with Gasteiger partial charge >= 0.3 is 0 Å². The van der Waals surface area contributed by atoms with Gasteiger partial charge in [0.15, 0.2) is 0 Å². The molecule has 6 heteroatoms. The lowest BCUT2D eigenvalue weighted by Gasteiger charge is -2.25. The number of aliphatic hydroxyl groups excluding tert-OH is 1. The normalized spacial score (nSPS) is 18.6. The third-order valence-electron chi connectivity index (χ3n) is 3.38. The predicted molar refractivity (Wildman–Crippen MR) is 76.3 cm³/mol. The van der Waals surface area contributed by atoms with Gasteiger partial charge in [-0.1, -0.05) is 0 Å². The van der Waals surface area contributed by atoms with Gasteiger partial charge in [-0.15, -0.1) is 0 Å². The Morgan fingerprint density at radius 2 is 2.25 bits per heavy atom. The second kappa shape index (κ2) is 6.09. The molecule has 1 heterocycles. The van der Waals surface area contributed by atoms with Crippen molar-refractivity contribution in [3.8, 4) is 5.75 Å². The minimum absolute atomic E-state index is 0.0155. The quantitative estimate of drug-likeness (QED) is 0.662. The maximum atomic E-state index is 11.0. The fraction of sp³-hybridized carbons (Fsp3) is 0.571. The molecular formula is C14H20N2O4. The van der Waals surface area contributed by atoms with Crippen LogP contribution in [0.25, 0.3) is 0 Å². The number of hydrogen-bond donors (Lipinski definition) is 1. The van der Waals surface area contributed by atoms with Crippen molar-refractivity contribution < 1.29 is 14.8 Å². The van der Waals surface area contributed by atoms with Crippen LogP contribution in [-0.4, -0.2) is 35.3 Å². The number of rotatable bonds is 5. The molecule has 0 aromatic heterocycles. The first-order chi connectivity index (χ1) is 9.51. The third kappa shape index (κ3) is 3.19. The summed E-state index contributed by atoms with van der Waals surface area (Å²) in [4.78, 5) is 12.6. The van der Waals surface area contributed by atoms with E-state index in [9.17, 15) is 15.2 Å². The van der Waals surface area contributed by atoms with E-state index in [2.05, 4.69) is 0 Å². The highest BCUT2D eigenvalue weighted by atomic mass is 16.6. The lowest BCUT2D eigenvalue weighted by molar-refractivity contribution is -0.384. The number of non-ortho nitro benzene ring substituents is 1. The summed E-state index contributed by atoms with van der Waals surface area (Å²) in [5.74, 6) is 0.493. The van der Waals surface area contributed by atoms with E-state index in [-0.39, 0.29) is 24.4 Å². The molecule has 1 fully saturated rings. The molecule has 0 spiro atoms. The van der Waals surface area contributed by atoms with Crippen LogP contribution >= 0.6 is 0 Å². The second-order valence-corrected chi connectivity index (χ2v) is 5.28. The summed E-state index contributed by atoms with van der Waals surface area (Å²) < 4.78 is 5.58. The molecule has 0 amide bonds. The van der Waals surface area contributed by atoms with Gasteiger partial charge in [-0.25, -0.2) is 0 Å². The highest BCUT2D eigenvalue weighted by molar-refractivity contribution is 5.59. The van der Waals surface area contributed by atoms with E-state index in [1.54, 1.807) is 12.1 Å². The number of anilines is 1. The molecule has 0 saturated carbocycles. The van der Waals surface area contributed by atoms with Crippen molar-refractivity contribution in [1.82, 2.24) is 0 Å². The van der Waals surface area contributed by atoms with Crippen LogP contribution in [-0.2, 0) is 0 Å². The van der Waals surface area contributed by atoms with Gasteiger partial charge in [-0.3, -0.25) is 10.1 Å². The van der Waals surface area contributed by atoms with Crippen LogP contribution in [0.2, 0.25) is 0 Å². The number of nitro groups is 1. The number of nitrogens with zero attached hydrogens (tertiary/aromatic N) is 2. The molecule has 20 heavy (non-hydrogen) atoms. The molecule has 1 atom stereocenters. The standard InChI is InChI=1S/C14H20N2O4/c1-10(2)20-14-7-12(6-13(8-14)16(18)19)15-5-3-4-11(15)9-17/h6-8,10-11,17H,3-5,9H2,1-2H3. The van der Waals surface area contributed by atoms with Gasteiger partial charge in [0.05, 0.1) is 29.7 Å². The van der Waals surface area contributed by atoms with E-state index in [0.29, 0.717) is 5.75 Å². The molecule has 6 nitrogen and oxygen atoms in total. The number of ether oxygens (including phenoxy) is 1. The van der Waals surface area contributed by atoms with Crippen LogP contribution in [0.5, 0.6) is 5.75 Å². The molecule has 1 aromatic carbocycles. The molecule has 1 unspecified atom stereocenters. The van der Waals surface area contributed by atoms with Crippen LogP contribution in [0.1, 0.15) is 26.7 Å². The maximum Gasteiger partial charge on any atom is 0.275 e. The zero-order valence-electron chi connectivity index (χ0n) is 11.8. The van der Waals surface area contributed by atoms with E-state index in [0.717, 1.165) is 25.1 Å². The summed E-state index contributed by atoms with van der Waals surface area (Å²) in [5.41, 5.74) is 0.758. The molecule has 1 N–H and O–H groups in total. The Morgan fingerprint density at radius 1 is 1.50 bits per heavy atom. The van der Waals surface area contributed by atoms with Crippen molar-refractivity contribution >= 4 is 11.4 Å². The van der Waals surface area contributed by atoms with Crippen LogP contribution in [0.3, 0.4) is 0 Å². The Balaban J connectivity index is 2.35. The SMILES string of the molecule is CC(C)Oc1cc(N2CCCC2CO)cc([N+](=O)[O-])c1. The van der Waals surface area contributed by atoms with Gasteiger partial charge in [0.1, 0.15) is 5.75 Å². The van der Waals surface area contributed by atoms with Gasteiger partial charge in [0.2, 0.25) is 0 Å². The van der Waals surface area contributed by atoms with Gasteiger partial charge in [0.25, 0.3) is 5.69 Å². The van der Waals surface area contributed by atoms with E-state index in [1.807, 2.05) is 18.7 Å². The molecule has 1 aromatic rings. The first-order valence-corrected chi connectivity index (χ1v) is 6.85. The van der Waals surface area contributed by atoms with Gasteiger partial charge in [0, 0.05) is 24.4 Å². The second-order valence-electron chi connectivity index (χ2n) is 5.28. The molecule has 0 bridgehead atoms. The summed E-state index contributed by atoms with van der Waals surface area (Å²) in [6, 6.07) is 4.82. The van der Waals surface area contributed by atoms with Crippen molar-refractivity contribution in [3.05, 3.63) is 28.3 Å². The summed E-state index contributed by atoms with van der Waals surface area (Å²) in [6.07, 6.45) is 1.84. The van der Waals surface area contributed by atoms with E-state index < -0.39 is 4.92 Å². The summed E-state index contributed by atoms with van der Waals surface area (Å²) in [5, 5.41) is 20.4. The fourth-order valence-corrected chi connectivity index (χ4v) is 2.54. The third-order valence-corrected chi connectivity index (χ3v) is 3.38. The fourth-order valence-electron chi connectivity index (χ4n) is 2.54. The van der Waals surface area contributed by atoms with Gasteiger partial charge in [-0.2, -0.15) is 0 Å². The highest BCUT2D eigenvalue weighted by Gasteiger charge is 2.26. The lowest BCUT2D eigenvalue weighted by atomic mass is 10.2. The zero-order chi connectivity index (χ0) is 14.7. The minimum Gasteiger partial charge on any atom is -0.491 e. The smallest absolute Gasteiger partial charge is 0.275 e. The van der Waals surface area contributed by atoms with Crippen molar-refractivity contribution in [2.24, 2.45) is 0 Å². The summed E-state index contributed by atoms with van der Waals surface area (Å²) >= 11 is 0. The maximum absolute atomic E-state index is 11.0. The molecule has 1 aliphatic heterocycles. The van der Waals surface area contributed by atoms with E-state index >= 15 is 0 Å². The molecule has 1 saturated heterocycles. The van der Waals surface area contributed by atoms with Gasteiger partial charge in [-0.05, 0) is 26.7 Å². The number of benzene rings is 1. The van der Waals surface area contributed by atoms with E-state index in [1.165, 1.54) is 6.07 Å². The molecular weight excluding hydrogens is 260 g/mol. The molecule has 2 rings (SSSR count). The largest absolute Gasteiger partial charge is 0.491 e. The van der Waals surface area contributed by atoms with Crippen molar-refractivity contribution in [3.63, 3.8) is 0 Å². The number of hydrogen-bond acceptors (Lipinski definition) is 5. The number of nitro benzene ring substituents is 1. The van der Waals surface area contributed by atoms with E-state index in [4.69, 9.17) is 4.74 Å². The molecule has 1 aliphatic rings. The zero-order valence-corrected chi connectivity index (χ0v) is 11.8. The van der Waals surface area contributed by atoms with Crippen LogP contribution < -0.4 is 9.64 Å². The summed E-state index contributed by atoms with van der Waals surface area (Å²) in [7, 11) is 0. The predicted octanol–water partition coefficient (Wildman–Crippen LogP) is 2.34. The Morgan fingerprint density at radius 3 is 2.85 bits per heavy atom. The summed E-state index contributed by atoms with van der Waals surface area (Å²) in [6.45, 7) is 4.62. The molecule has 0 radical (unpaired) electrons. The Kier molecular flexibility index (Phi) is 4.44. The van der Waals surface area contributed by atoms with Crippen molar-refractivity contribution in [1.29, 1.82) is 0 Å². The first kappa shape index (κ1) is 14.6. The Bertz CT molecular complexity index is 490. The number of aliphatic hydroxyl groups is 1. The van der Waals surface area contributed by atoms with Crippen LogP contribution in [0.15, 0.2) is 18.2 Å². The van der Waals surface area contributed by atoms with Gasteiger partial charge < -0.3 is 14.7 Å². The average Bonchev–Trinajstić information content (AvgIpc) is 2.85. The topological polar surface area (TPSA) is 75.8 Å². The minimum atomic E-state index is -0.416. The van der Waals surface area contributed by atoms with Crippen molar-refractivity contribution in [2.45, 2.75) is 38.8 Å². The first-order valence-electron chi connectivity index (χ1n) is 6.85. The average molecular weight is 280 g/mol. The highest BCUT2D eigenvalue weighted by Crippen LogP contribution is 2.33. The molecule has 110 valence electrons. The Hall–Kier alpha value is -1.82. The molecule has 0 aliphatic carbocycles. The van der Waals surface area contributed by atoms with Crippen LogP contribution in [0, 0.1) is 10.1 Å². The monoisotopic (exact) mass is 280 g/mol.